The summed E-state index contributed by atoms with van der Waals surface area (Å²) < 4.78 is 9.12. The Labute approximate surface area is 101 Å². The average molecular weight is 258 g/mol. The third-order valence-corrected chi connectivity index (χ3v) is 2.43. The Bertz CT molecular complexity index is 443. The number of carboxylic acid groups (broad SMARTS) is 1. The van der Waals surface area contributed by atoms with Crippen LogP contribution >= 0.6 is 11.3 Å². The molecule has 17 heavy (non-hydrogen) atoms. The van der Waals surface area contributed by atoms with Crippen LogP contribution in [0, 0.1) is 6.92 Å². The molecule has 0 aromatic carbocycles. The Kier molecular flexibility index (Phi) is 4.46. The first-order valence-electron chi connectivity index (χ1n) is 4.45. The van der Waals surface area contributed by atoms with E-state index in [-0.39, 0.29) is 16.8 Å². The summed E-state index contributed by atoms with van der Waals surface area (Å²) in [5.74, 6) is 0. The molecule has 0 bridgehead atoms. The summed E-state index contributed by atoms with van der Waals surface area (Å²) in [5, 5.41) is 11.1. The van der Waals surface area contributed by atoms with Crippen LogP contribution < -0.4 is 10.1 Å². The van der Waals surface area contributed by atoms with Crippen molar-refractivity contribution in [3.05, 3.63) is 18.3 Å². The van der Waals surface area contributed by atoms with Gasteiger partial charge in [-0.1, -0.05) is 24.0 Å². The van der Waals surface area contributed by atoms with Crippen LogP contribution in [-0.4, -0.2) is 28.9 Å². The molecular weight excluding hydrogens is 248 g/mol. The van der Waals surface area contributed by atoms with Gasteiger partial charge in [-0.15, -0.1) is 0 Å². The summed E-state index contributed by atoms with van der Waals surface area (Å²) in [6.07, 6.45) is -0.705. The minimum atomic E-state index is -1.43. The molecule has 0 atom stereocenters. The number of anilines is 1. The molecule has 0 saturated heterocycles. The molecule has 1 aromatic heterocycles. The van der Waals surface area contributed by atoms with Crippen molar-refractivity contribution in [2.45, 2.75) is 6.92 Å². The molecule has 0 radical (unpaired) electrons. The lowest BCUT2D eigenvalue weighted by molar-refractivity contribution is 0.145. The van der Waals surface area contributed by atoms with Crippen LogP contribution in [0.2, 0.25) is 0 Å². The highest BCUT2D eigenvalue weighted by Gasteiger charge is 2.14. The zero-order valence-electron chi connectivity index (χ0n) is 8.93. The molecule has 2 N–H and O–H groups in total. The molecule has 1 rings (SSSR count). The molecule has 1 aromatic rings. The van der Waals surface area contributed by atoms with Crippen molar-refractivity contribution in [2.75, 3.05) is 11.9 Å². The molecule has 0 unspecified atom stereocenters. The first-order valence-corrected chi connectivity index (χ1v) is 5.27. The Hall–Kier alpha value is -2.09. The quantitative estimate of drug-likeness (QED) is 0.635. The van der Waals surface area contributed by atoms with Gasteiger partial charge in [-0.25, -0.2) is 14.6 Å². The molecule has 0 aliphatic carbocycles. The fourth-order valence-corrected chi connectivity index (χ4v) is 1.67. The molecule has 0 saturated carbocycles. The minimum absolute atomic E-state index is 0.0780. The lowest BCUT2D eigenvalue weighted by Crippen LogP contribution is -2.13. The van der Waals surface area contributed by atoms with E-state index < -0.39 is 12.2 Å². The van der Waals surface area contributed by atoms with Crippen molar-refractivity contribution in [3.63, 3.8) is 0 Å². The van der Waals surface area contributed by atoms with Gasteiger partial charge in [0.2, 0.25) is 5.06 Å². The third kappa shape index (κ3) is 4.11. The van der Waals surface area contributed by atoms with Crippen molar-refractivity contribution in [3.8, 4) is 5.06 Å². The fourth-order valence-electron chi connectivity index (χ4n) is 0.868. The van der Waals surface area contributed by atoms with Crippen LogP contribution in [0.1, 0.15) is 5.69 Å². The number of ether oxygens (including phenoxy) is 2. The SMILES string of the molecule is C=CCOC(=O)Nc1nc(C)c(OC(=O)O)s1. The van der Waals surface area contributed by atoms with E-state index in [0.29, 0.717) is 5.69 Å². The van der Waals surface area contributed by atoms with Crippen molar-refractivity contribution < 1.29 is 24.2 Å². The van der Waals surface area contributed by atoms with E-state index in [1.165, 1.54) is 6.08 Å². The van der Waals surface area contributed by atoms with Crippen molar-refractivity contribution in [1.82, 2.24) is 4.98 Å². The van der Waals surface area contributed by atoms with Gasteiger partial charge in [0.1, 0.15) is 6.61 Å². The summed E-state index contributed by atoms with van der Waals surface area (Å²) in [6, 6.07) is 0. The molecule has 0 spiro atoms. The third-order valence-electron chi connectivity index (χ3n) is 1.48. The molecular formula is C9H10N2O5S. The van der Waals surface area contributed by atoms with Gasteiger partial charge >= 0.3 is 12.2 Å². The van der Waals surface area contributed by atoms with Gasteiger partial charge in [0, 0.05) is 0 Å². The van der Waals surface area contributed by atoms with E-state index in [0.717, 1.165) is 11.3 Å². The Morgan fingerprint density at radius 2 is 2.35 bits per heavy atom. The molecule has 0 aliphatic rings. The highest BCUT2D eigenvalue weighted by atomic mass is 32.1. The number of aromatic nitrogens is 1. The highest BCUT2D eigenvalue weighted by Crippen LogP contribution is 2.30. The predicted octanol–water partition coefficient (Wildman–Crippen LogP) is 2.24. The van der Waals surface area contributed by atoms with Crippen LogP contribution in [0.5, 0.6) is 5.06 Å². The number of nitrogens with zero attached hydrogens (tertiary/aromatic N) is 1. The van der Waals surface area contributed by atoms with Crippen LogP contribution in [0.25, 0.3) is 0 Å². The van der Waals surface area contributed by atoms with Crippen molar-refractivity contribution >= 4 is 28.7 Å². The maximum atomic E-state index is 11.1. The van der Waals surface area contributed by atoms with Crippen LogP contribution in [0.15, 0.2) is 12.7 Å². The number of thiazole rings is 1. The number of carbonyl (C=O) groups is 2. The van der Waals surface area contributed by atoms with E-state index in [4.69, 9.17) is 5.11 Å². The molecule has 8 heteroatoms. The number of aryl methyl sites for hydroxylation is 1. The summed E-state index contributed by atoms with van der Waals surface area (Å²) in [7, 11) is 0. The highest BCUT2D eigenvalue weighted by molar-refractivity contribution is 7.17. The number of nitrogens with one attached hydrogen (secondary N) is 1. The molecule has 0 fully saturated rings. The van der Waals surface area contributed by atoms with Gasteiger partial charge < -0.3 is 14.6 Å². The number of hydrogen-bond acceptors (Lipinski definition) is 6. The fraction of sp³-hybridized carbons (Fsp3) is 0.222. The zero-order chi connectivity index (χ0) is 12.8. The van der Waals surface area contributed by atoms with E-state index >= 15 is 0 Å². The molecule has 1 heterocycles. The second-order valence-corrected chi connectivity index (χ2v) is 3.73. The number of rotatable bonds is 4. The minimum Gasteiger partial charge on any atom is -0.449 e. The van der Waals surface area contributed by atoms with Crippen LogP contribution in [0.3, 0.4) is 0 Å². The van der Waals surface area contributed by atoms with E-state index in [9.17, 15) is 9.59 Å². The van der Waals surface area contributed by atoms with E-state index in [1.54, 1.807) is 6.92 Å². The Morgan fingerprint density at radius 1 is 1.65 bits per heavy atom. The lowest BCUT2D eigenvalue weighted by Gasteiger charge is -2.00. The number of carbonyl (C=O) groups excluding carboxylic acids is 1. The summed E-state index contributed by atoms with van der Waals surface area (Å²) in [6.45, 7) is 5.03. The lowest BCUT2D eigenvalue weighted by atomic mass is 10.6. The van der Waals surface area contributed by atoms with Gasteiger partial charge in [-0.05, 0) is 6.92 Å². The Morgan fingerprint density at radius 3 is 2.94 bits per heavy atom. The van der Waals surface area contributed by atoms with Crippen molar-refractivity contribution in [2.24, 2.45) is 0 Å². The molecule has 1 amide bonds. The molecule has 92 valence electrons. The van der Waals surface area contributed by atoms with Crippen molar-refractivity contribution in [1.29, 1.82) is 0 Å². The van der Waals surface area contributed by atoms with Crippen LogP contribution in [-0.2, 0) is 4.74 Å². The standard InChI is InChI=1S/C9H10N2O5S/c1-3-4-15-8(12)11-7-10-5(2)6(17-7)16-9(13)14/h3H,1,4H2,2H3,(H,13,14)(H,10,11,12). The normalized spacial score (nSPS) is 9.47. The van der Waals surface area contributed by atoms with Gasteiger partial charge in [-0.2, -0.15) is 0 Å². The molecule has 7 nitrogen and oxygen atoms in total. The van der Waals surface area contributed by atoms with E-state index in [2.05, 4.69) is 26.4 Å². The monoisotopic (exact) mass is 258 g/mol. The average Bonchev–Trinajstić information content (AvgIpc) is 2.55. The van der Waals surface area contributed by atoms with Gasteiger partial charge in [0.15, 0.2) is 5.13 Å². The van der Waals surface area contributed by atoms with Crippen LogP contribution in [0.4, 0.5) is 14.7 Å². The second-order valence-electron chi connectivity index (χ2n) is 2.77. The maximum absolute atomic E-state index is 11.1. The van der Waals surface area contributed by atoms with Gasteiger partial charge in [-0.3, -0.25) is 5.32 Å². The smallest absolute Gasteiger partial charge is 0.449 e. The predicted molar refractivity (Wildman–Crippen MR) is 60.7 cm³/mol. The zero-order valence-corrected chi connectivity index (χ0v) is 9.74. The number of amides is 1. The second kappa shape index (κ2) is 5.85. The van der Waals surface area contributed by atoms with Gasteiger partial charge in [0.05, 0.1) is 5.69 Å². The molecule has 0 aliphatic heterocycles. The Balaban J connectivity index is 2.63. The van der Waals surface area contributed by atoms with E-state index in [1.807, 2.05) is 0 Å². The first kappa shape index (κ1) is 13.0. The topological polar surface area (TPSA) is 97.8 Å². The summed E-state index contributed by atoms with van der Waals surface area (Å²) in [5.41, 5.74) is 0.372. The largest absolute Gasteiger partial charge is 0.512 e. The summed E-state index contributed by atoms with van der Waals surface area (Å²) in [4.78, 5) is 25.4. The van der Waals surface area contributed by atoms with Gasteiger partial charge in [0.25, 0.3) is 0 Å². The maximum Gasteiger partial charge on any atom is 0.512 e. The number of hydrogen-bond donors (Lipinski definition) is 2. The summed E-state index contributed by atoms with van der Waals surface area (Å²) >= 11 is 0.898. The first-order chi connectivity index (χ1) is 8.02.